The first-order chi connectivity index (χ1) is 8.72. The minimum atomic E-state index is 0.660. The zero-order valence-corrected chi connectivity index (χ0v) is 10.0. The lowest BCUT2D eigenvalue weighted by Crippen LogP contribution is -2.01. The van der Waals surface area contributed by atoms with E-state index in [0.717, 1.165) is 28.1 Å². The van der Waals surface area contributed by atoms with Gasteiger partial charge in [0, 0.05) is 11.9 Å². The second kappa shape index (κ2) is 4.10. The summed E-state index contributed by atoms with van der Waals surface area (Å²) in [4.78, 5) is 12.9. The van der Waals surface area contributed by atoms with Crippen LogP contribution >= 0.6 is 0 Å². The second-order valence-corrected chi connectivity index (χ2v) is 4.27. The minimum absolute atomic E-state index is 0.660. The molecule has 0 unspecified atom stereocenters. The van der Waals surface area contributed by atoms with Gasteiger partial charge in [-0.25, -0.2) is 4.98 Å². The van der Waals surface area contributed by atoms with Crippen molar-refractivity contribution in [3.8, 4) is 0 Å². The highest BCUT2D eigenvalue weighted by Crippen LogP contribution is 2.16. The van der Waals surface area contributed by atoms with Crippen molar-refractivity contribution < 1.29 is 0 Å². The first kappa shape index (κ1) is 10.7. The maximum Gasteiger partial charge on any atom is 0.0962 e. The van der Waals surface area contributed by atoms with E-state index in [2.05, 4.69) is 15.0 Å². The lowest BCUT2D eigenvalue weighted by Gasteiger charge is -2.03. The Labute approximate surface area is 104 Å². The number of aromatic nitrogens is 4. The van der Waals surface area contributed by atoms with Crippen molar-refractivity contribution in [1.82, 2.24) is 19.5 Å². The van der Waals surface area contributed by atoms with E-state index >= 15 is 0 Å². The molecule has 2 N–H and O–H groups in total. The van der Waals surface area contributed by atoms with Gasteiger partial charge in [0.15, 0.2) is 0 Å². The number of nitrogen functional groups attached to an aromatic ring is 1. The van der Waals surface area contributed by atoms with Crippen LogP contribution in [0.1, 0.15) is 11.4 Å². The first-order valence-corrected chi connectivity index (χ1v) is 5.70. The molecule has 5 nitrogen and oxygen atoms in total. The van der Waals surface area contributed by atoms with Gasteiger partial charge in [0.1, 0.15) is 0 Å². The van der Waals surface area contributed by atoms with E-state index in [1.165, 1.54) is 0 Å². The summed E-state index contributed by atoms with van der Waals surface area (Å²) < 4.78 is 2.04. The molecular weight excluding hydrogens is 226 g/mol. The Hall–Kier alpha value is -2.43. The highest BCUT2D eigenvalue weighted by atomic mass is 15.1. The van der Waals surface area contributed by atoms with Gasteiger partial charge >= 0.3 is 0 Å². The predicted molar refractivity (Wildman–Crippen MR) is 70.0 cm³/mol. The molecule has 0 atom stereocenters. The van der Waals surface area contributed by atoms with Crippen molar-refractivity contribution in [3.63, 3.8) is 0 Å². The van der Waals surface area contributed by atoms with Crippen molar-refractivity contribution in [3.05, 3.63) is 48.3 Å². The summed E-state index contributed by atoms with van der Waals surface area (Å²) in [6, 6.07) is 5.72. The van der Waals surface area contributed by atoms with E-state index in [1.54, 1.807) is 18.7 Å². The Balaban J connectivity index is 1.97. The van der Waals surface area contributed by atoms with Gasteiger partial charge in [-0.3, -0.25) is 9.97 Å². The highest BCUT2D eigenvalue weighted by molar-refractivity contribution is 5.78. The monoisotopic (exact) mass is 239 g/mol. The van der Waals surface area contributed by atoms with Crippen LogP contribution in [-0.2, 0) is 6.54 Å². The van der Waals surface area contributed by atoms with Crippen LogP contribution in [0.2, 0.25) is 0 Å². The summed E-state index contributed by atoms with van der Waals surface area (Å²) in [6.45, 7) is 2.58. The molecule has 0 amide bonds. The van der Waals surface area contributed by atoms with E-state index < -0.39 is 0 Å². The smallest absolute Gasteiger partial charge is 0.0962 e. The number of anilines is 1. The van der Waals surface area contributed by atoms with Crippen molar-refractivity contribution in [2.75, 3.05) is 5.73 Å². The van der Waals surface area contributed by atoms with Gasteiger partial charge in [-0.2, -0.15) is 0 Å². The zero-order valence-electron chi connectivity index (χ0n) is 10.0. The Morgan fingerprint density at radius 1 is 1.17 bits per heavy atom. The number of nitrogens with two attached hydrogens (primary N) is 1. The molecule has 0 aliphatic carbocycles. The van der Waals surface area contributed by atoms with Crippen molar-refractivity contribution in [2.24, 2.45) is 0 Å². The van der Waals surface area contributed by atoms with Crippen LogP contribution in [-0.4, -0.2) is 19.5 Å². The van der Waals surface area contributed by atoms with Gasteiger partial charge in [-0.05, 0) is 25.1 Å². The summed E-state index contributed by atoms with van der Waals surface area (Å²) in [6.07, 6.45) is 5.36. The topological polar surface area (TPSA) is 69.6 Å². The average molecular weight is 239 g/mol. The quantitative estimate of drug-likeness (QED) is 0.692. The summed E-state index contributed by atoms with van der Waals surface area (Å²) in [5.74, 6) is 0. The van der Waals surface area contributed by atoms with E-state index in [0.29, 0.717) is 6.54 Å². The molecule has 0 aliphatic heterocycles. The molecule has 90 valence electrons. The molecule has 0 aliphatic rings. The van der Waals surface area contributed by atoms with Gasteiger partial charge in [0.2, 0.25) is 0 Å². The fraction of sp³-hybridized carbons (Fsp3) is 0.154. The van der Waals surface area contributed by atoms with Crippen molar-refractivity contribution in [2.45, 2.75) is 13.5 Å². The van der Waals surface area contributed by atoms with Crippen molar-refractivity contribution in [1.29, 1.82) is 0 Å². The lowest BCUT2D eigenvalue weighted by atomic mass is 10.3. The molecule has 0 saturated carbocycles. The third kappa shape index (κ3) is 1.90. The SMILES string of the molecule is Cc1cnc(Cn2cnc3cc(N)ccc32)cn1. The van der Waals surface area contributed by atoms with E-state index in [4.69, 9.17) is 5.73 Å². The van der Waals surface area contributed by atoms with Gasteiger partial charge < -0.3 is 10.3 Å². The van der Waals surface area contributed by atoms with E-state index in [-0.39, 0.29) is 0 Å². The molecule has 3 rings (SSSR count). The fourth-order valence-corrected chi connectivity index (χ4v) is 1.88. The number of hydrogen-bond donors (Lipinski definition) is 1. The first-order valence-electron chi connectivity index (χ1n) is 5.70. The number of benzene rings is 1. The second-order valence-electron chi connectivity index (χ2n) is 4.27. The molecule has 0 spiro atoms. The van der Waals surface area contributed by atoms with Crippen LogP contribution in [0.25, 0.3) is 11.0 Å². The Morgan fingerprint density at radius 2 is 2.06 bits per heavy atom. The third-order valence-corrected chi connectivity index (χ3v) is 2.81. The van der Waals surface area contributed by atoms with Crippen LogP contribution in [0, 0.1) is 6.92 Å². The number of aryl methyl sites for hydroxylation is 1. The number of imidazole rings is 1. The minimum Gasteiger partial charge on any atom is -0.399 e. The summed E-state index contributed by atoms with van der Waals surface area (Å²) in [5.41, 5.74) is 10.2. The van der Waals surface area contributed by atoms with Crippen LogP contribution in [0.15, 0.2) is 36.9 Å². The molecule has 0 bridgehead atoms. The standard InChI is InChI=1S/C13H13N5/c1-9-5-16-11(6-15-9)7-18-8-17-12-4-10(14)2-3-13(12)18/h2-6,8H,7,14H2,1H3. The number of rotatable bonds is 2. The molecule has 0 radical (unpaired) electrons. The molecule has 0 saturated heterocycles. The number of fused-ring (bicyclic) bond motifs is 1. The molecule has 3 aromatic rings. The van der Waals surface area contributed by atoms with Crippen LogP contribution < -0.4 is 5.73 Å². The molecule has 0 fully saturated rings. The summed E-state index contributed by atoms with van der Waals surface area (Å²) in [5, 5.41) is 0. The van der Waals surface area contributed by atoms with Gasteiger partial charge in [-0.15, -0.1) is 0 Å². The fourth-order valence-electron chi connectivity index (χ4n) is 1.88. The Kier molecular flexibility index (Phi) is 2.44. The average Bonchev–Trinajstić information content (AvgIpc) is 2.74. The highest BCUT2D eigenvalue weighted by Gasteiger charge is 2.04. The van der Waals surface area contributed by atoms with Gasteiger partial charge in [0.05, 0.1) is 41.5 Å². The lowest BCUT2D eigenvalue weighted by molar-refractivity contribution is 0.787. The van der Waals surface area contributed by atoms with Gasteiger partial charge in [0.25, 0.3) is 0 Å². The molecule has 5 heteroatoms. The molecule has 2 heterocycles. The maximum absolute atomic E-state index is 5.73. The third-order valence-electron chi connectivity index (χ3n) is 2.81. The van der Waals surface area contributed by atoms with Crippen LogP contribution in [0.5, 0.6) is 0 Å². The summed E-state index contributed by atoms with van der Waals surface area (Å²) in [7, 11) is 0. The maximum atomic E-state index is 5.73. The molecular formula is C13H13N5. The zero-order chi connectivity index (χ0) is 12.5. The number of nitrogens with zero attached hydrogens (tertiary/aromatic N) is 4. The summed E-state index contributed by atoms with van der Waals surface area (Å²) >= 11 is 0. The predicted octanol–water partition coefficient (Wildman–Crippen LogP) is 1.77. The van der Waals surface area contributed by atoms with Crippen molar-refractivity contribution >= 4 is 16.7 Å². The van der Waals surface area contributed by atoms with E-state index in [1.807, 2.05) is 29.7 Å². The Bertz CT molecular complexity index is 684. The van der Waals surface area contributed by atoms with Crippen LogP contribution in [0.3, 0.4) is 0 Å². The molecule has 2 aromatic heterocycles. The largest absolute Gasteiger partial charge is 0.399 e. The normalized spacial score (nSPS) is 10.9. The molecule has 1 aromatic carbocycles. The number of hydrogen-bond acceptors (Lipinski definition) is 4. The van der Waals surface area contributed by atoms with Crippen LogP contribution in [0.4, 0.5) is 5.69 Å². The van der Waals surface area contributed by atoms with Gasteiger partial charge in [-0.1, -0.05) is 0 Å². The Morgan fingerprint density at radius 3 is 2.83 bits per heavy atom. The van der Waals surface area contributed by atoms with E-state index in [9.17, 15) is 0 Å². The molecule has 18 heavy (non-hydrogen) atoms.